The van der Waals surface area contributed by atoms with Gasteiger partial charge in [0, 0.05) is 8.95 Å². The van der Waals surface area contributed by atoms with Crippen LogP contribution in [0, 0.1) is 6.92 Å². The third kappa shape index (κ3) is 2.60. The number of rotatable bonds is 2. The van der Waals surface area contributed by atoms with Gasteiger partial charge in [-0.05, 0) is 30.5 Å². The van der Waals surface area contributed by atoms with Crippen molar-refractivity contribution in [3.63, 3.8) is 0 Å². The highest BCUT2D eigenvalue weighted by atomic mass is 79.9. The average molecular weight is 277 g/mol. The van der Waals surface area contributed by atoms with Crippen molar-refractivity contribution in [2.24, 2.45) is 0 Å². The molecule has 0 aliphatic rings. The zero-order valence-corrected chi connectivity index (χ0v) is 9.28. The molecule has 1 aromatic carbocycles. The Balaban J connectivity index is 2.90. The summed E-state index contributed by atoms with van der Waals surface area (Å²) in [5.41, 5.74) is 1.32. The van der Waals surface area contributed by atoms with Crippen LogP contribution in [-0.2, 0) is 6.42 Å². The molecular formula is C9H9Br2. The topological polar surface area (TPSA) is 0 Å². The smallest absolute Gasteiger partial charge is 0.0218 e. The fourth-order valence-electron chi connectivity index (χ4n) is 0.915. The summed E-state index contributed by atoms with van der Waals surface area (Å²) in [4.78, 5) is 0. The minimum Gasteiger partial charge on any atom is -0.0568 e. The largest absolute Gasteiger partial charge is 0.0568 e. The first-order valence-electron chi connectivity index (χ1n) is 3.47. The highest BCUT2D eigenvalue weighted by molar-refractivity contribution is 9.11. The molecule has 0 aromatic heterocycles. The highest BCUT2D eigenvalue weighted by Gasteiger charge is 1.97. The van der Waals surface area contributed by atoms with Crippen LogP contribution in [0.5, 0.6) is 0 Å². The lowest BCUT2D eigenvalue weighted by molar-refractivity contribution is 0.992. The maximum atomic E-state index is 3.81. The lowest BCUT2D eigenvalue weighted by Crippen LogP contribution is -1.84. The SMILES string of the molecule is [CH2]CCc1ccc(Br)cc1Br. The maximum Gasteiger partial charge on any atom is 0.0218 e. The summed E-state index contributed by atoms with van der Waals surface area (Å²) in [6, 6.07) is 6.22. The van der Waals surface area contributed by atoms with Crippen molar-refractivity contribution in [2.45, 2.75) is 12.8 Å². The molecule has 2 heteroatoms. The molecule has 1 radical (unpaired) electrons. The summed E-state index contributed by atoms with van der Waals surface area (Å²) >= 11 is 6.89. The second-order valence-corrected chi connectivity index (χ2v) is 4.11. The normalized spacial score (nSPS) is 10.1. The van der Waals surface area contributed by atoms with Gasteiger partial charge in [0.2, 0.25) is 0 Å². The van der Waals surface area contributed by atoms with Crippen molar-refractivity contribution in [1.82, 2.24) is 0 Å². The van der Waals surface area contributed by atoms with Crippen LogP contribution >= 0.6 is 31.9 Å². The Labute approximate surface area is 84.3 Å². The van der Waals surface area contributed by atoms with E-state index in [9.17, 15) is 0 Å². The molecule has 0 heterocycles. The van der Waals surface area contributed by atoms with Crippen LogP contribution < -0.4 is 0 Å². The van der Waals surface area contributed by atoms with Crippen LogP contribution in [0.2, 0.25) is 0 Å². The Bertz CT molecular complexity index is 243. The lowest BCUT2D eigenvalue weighted by atomic mass is 10.1. The van der Waals surface area contributed by atoms with Gasteiger partial charge in [0.15, 0.2) is 0 Å². The molecule has 0 N–H and O–H groups in total. The summed E-state index contributed by atoms with van der Waals surface area (Å²) < 4.78 is 2.27. The Morgan fingerprint density at radius 3 is 2.55 bits per heavy atom. The highest BCUT2D eigenvalue weighted by Crippen LogP contribution is 2.22. The third-order valence-electron chi connectivity index (χ3n) is 1.46. The molecule has 0 nitrogen and oxygen atoms in total. The molecule has 0 aliphatic heterocycles. The van der Waals surface area contributed by atoms with Gasteiger partial charge in [-0.3, -0.25) is 0 Å². The van der Waals surface area contributed by atoms with Crippen molar-refractivity contribution in [3.8, 4) is 0 Å². The average Bonchev–Trinajstić information content (AvgIpc) is 1.95. The Hall–Kier alpha value is 0.180. The Kier molecular flexibility index (Phi) is 3.60. The van der Waals surface area contributed by atoms with Crippen LogP contribution in [0.4, 0.5) is 0 Å². The van der Waals surface area contributed by atoms with E-state index in [1.54, 1.807) is 0 Å². The minimum atomic E-state index is 0.945. The van der Waals surface area contributed by atoms with Gasteiger partial charge in [-0.1, -0.05) is 44.8 Å². The van der Waals surface area contributed by atoms with Crippen molar-refractivity contribution in [2.75, 3.05) is 0 Å². The molecule has 0 fully saturated rings. The van der Waals surface area contributed by atoms with Gasteiger partial charge in [-0.2, -0.15) is 0 Å². The van der Waals surface area contributed by atoms with Gasteiger partial charge in [-0.25, -0.2) is 0 Å². The second-order valence-electron chi connectivity index (χ2n) is 2.34. The second kappa shape index (κ2) is 4.27. The number of halogens is 2. The lowest BCUT2D eigenvalue weighted by Gasteiger charge is -2.01. The first-order chi connectivity index (χ1) is 5.24. The van der Waals surface area contributed by atoms with E-state index in [2.05, 4.69) is 57.0 Å². The van der Waals surface area contributed by atoms with Gasteiger partial charge >= 0.3 is 0 Å². The van der Waals surface area contributed by atoms with Crippen molar-refractivity contribution in [3.05, 3.63) is 39.6 Å². The predicted molar refractivity (Wildman–Crippen MR) is 55.5 cm³/mol. The molecule has 59 valence electrons. The molecule has 0 bridgehead atoms. The Morgan fingerprint density at radius 2 is 2.00 bits per heavy atom. The summed E-state index contributed by atoms with van der Waals surface area (Å²) in [5.74, 6) is 0. The Morgan fingerprint density at radius 1 is 1.27 bits per heavy atom. The molecule has 11 heavy (non-hydrogen) atoms. The van der Waals surface area contributed by atoms with Crippen LogP contribution in [0.15, 0.2) is 27.1 Å². The van der Waals surface area contributed by atoms with Gasteiger partial charge < -0.3 is 0 Å². The molecule has 0 saturated carbocycles. The van der Waals surface area contributed by atoms with E-state index in [1.807, 2.05) is 0 Å². The summed E-state index contributed by atoms with van der Waals surface area (Å²) in [7, 11) is 0. The van der Waals surface area contributed by atoms with Gasteiger partial charge in [-0.15, -0.1) is 0 Å². The van der Waals surface area contributed by atoms with E-state index in [0.29, 0.717) is 0 Å². The predicted octanol–water partition coefficient (Wildman–Crippen LogP) is 3.98. The quantitative estimate of drug-likeness (QED) is 0.767. The van der Waals surface area contributed by atoms with Crippen molar-refractivity contribution in [1.29, 1.82) is 0 Å². The number of hydrogen-bond donors (Lipinski definition) is 0. The number of benzene rings is 1. The zero-order valence-electron chi connectivity index (χ0n) is 6.11. The zero-order chi connectivity index (χ0) is 8.27. The molecule has 1 rings (SSSR count). The van der Waals surface area contributed by atoms with E-state index in [0.717, 1.165) is 21.8 Å². The molecule has 0 amide bonds. The summed E-state index contributed by atoms with van der Waals surface area (Å²) in [6.45, 7) is 3.81. The van der Waals surface area contributed by atoms with Crippen LogP contribution in [0.3, 0.4) is 0 Å². The number of aryl methyl sites for hydroxylation is 1. The minimum absolute atomic E-state index is 0.945. The fraction of sp³-hybridized carbons (Fsp3) is 0.222. The molecule has 0 aliphatic carbocycles. The first kappa shape index (κ1) is 9.27. The third-order valence-corrected chi connectivity index (χ3v) is 2.69. The van der Waals surface area contributed by atoms with Gasteiger partial charge in [0.1, 0.15) is 0 Å². The molecular weight excluding hydrogens is 268 g/mol. The fourth-order valence-corrected chi connectivity index (χ4v) is 2.16. The van der Waals surface area contributed by atoms with Crippen molar-refractivity contribution >= 4 is 31.9 Å². The molecule has 1 aromatic rings. The van der Waals surface area contributed by atoms with E-state index >= 15 is 0 Å². The van der Waals surface area contributed by atoms with Crippen molar-refractivity contribution < 1.29 is 0 Å². The summed E-state index contributed by atoms with van der Waals surface area (Å²) in [6.07, 6.45) is 1.98. The van der Waals surface area contributed by atoms with E-state index in [4.69, 9.17) is 0 Å². The maximum absolute atomic E-state index is 3.81. The van der Waals surface area contributed by atoms with E-state index in [1.165, 1.54) is 5.56 Å². The van der Waals surface area contributed by atoms with Crippen LogP contribution in [0.1, 0.15) is 12.0 Å². The monoisotopic (exact) mass is 275 g/mol. The standard InChI is InChI=1S/C9H9Br2/c1-2-3-7-4-5-8(10)6-9(7)11/h4-6H,1-3H2. The summed E-state index contributed by atoms with van der Waals surface area (Å²) in [5, 5.41) is 0. The number of hydrogen-bond acceptors (Lipinski definition) is 0. The van der Waals surface area contributed by atoms with E-state index in [-0.39, 0.29) is 0 Å². The van der Waals surface area contributed by atoms with Crippen LogP contribution in [0.25, 0.3) is 0 Å². The van der Waals surface area contributed by atoms with Gasteiger partial charge in [0.25, 0.3) is 0 Å². The van der Waals surface area contributed by atoms with Gasteiger partial charge in [0.05, 0.1) is 0 Å². The first-order valence-corrected chi connectivity index (χ1v) is 5.06. The molecule has 0 spiro atoms. The molecule has 0 saturated heterocycles. The molecule has 0 unspecified atom stereocenters. The van der Waals surface area contributed by atoms with E-state index < -0.39 is 0 Å². The molecule has 0 atom stereocenters. The van der Waals surface area contributed by atoms with Crippen LogP contribution in [-0.4, -0.2) is 0 Å².